The Kier molecular flexibility index (Phi) is 5.09. The number of hydrogen-bond acceptors (Lipinski definition) is 2. The second-order valence-corrected chi connectivity index (χ2v) is 4.77. The van der Waals surface area contributed by atoms with E-state index in [-0.39, 0.29) is 11.9 Å². The van der Waals surface area contributed by atoms with Crippen LogP contribution in [0.25, 0.3) is 0 Å². The Bertz CT molecular complexity index is 198. The number of nitrogens with one attached hydrogen (secondary N) is 2. The van der Waals surface area contributed by atoms with Crippen LogP contribution in [0.5, 0.6) is 0 Å². The van der Waals surface area contributed by atoms with Crippen molar-refractivity contribution in [3.63, 3.8) is 0 Å². The Morgan fingerprint density at radius 3 is 2.67 bits per heavy atom. The van der Waals surface area contributed by atoms with Gasteiger partial charge in [0, 0.05) is 6.04 Å². The molecule has 3 heteroatoms. The van der Waals surface area contributed by atoms with Gasteiger partial charge in [-0.1, -0.05) is 27.2 Å². The van der Waals surface area contributed by atoms with Crippen LogP contribution in [0.4, 0.5) is 0 Å². The van der Waals surface area contributed by atoms with Gasteiger partial charge < -0.3 is 10.6 Å². The summed E-state index contributed by atoms with van der Waals surface area (Å²) in [4.78, 5) is 11.9. The third-order valence-electron chi connectivity index (χ3n) is 3.20. The van der Waals surface area contributed by atoms with E-state index < -0.39 is 0 Å². The van der Waals surface area contributed by atoms with E-state index in [1.165, 1.54) is 12.8 Å². The van der Waals surface area contributed by atoms with Gasteiger partial charge >= 0.3 is 0 Å². The van der Waals surface area contributed by atoms with Gasteiger partial charge in [-0.25, -0.2) is 0 Å². The molecule has 1 aliphatic heterocycles. The molecular weight excluding hydrogens is 188 g/mol. The fourth-order valence-electron chi connectivity index (χ4n) is 2.10. The van der Waals surface area contributed by atoms with Crippen molar-refractivity contribution in [1.82, 2.24) is 10.6 Å². The minimum atomic E-state index is 0.0477. The van der Waals surface area contributed by atoms with Gasteiger partial charge in [-0.05, 0) is 31.7 Å². The Morgan fingerprint density at radius 1 is 1.47 bits per heavy atom. The number of carbonyl (C=O) groups excluding carboxylic acids is 1. The molecule has 1 aliphatic rings. The molecule has 0 aromatic carbocycles. The van der Waals surface area contributed by atoms with Gasteiger partial charge in [0.2, 0.25) is 5.91 Å². The lowest BCUT2D eigenvalue weighted by Crippen LogP contribution is -2.50. The third kappa shape index (κ3) is 3.82. The van der Waals surface area contributed by atoms with Crippen LogP contribution in [0, 0.1) is 5.92 Å². The normalized spacial score (nSPS) is 23.9. The number of carbonyl (C=O) groups is 1. The van der Waals surface area contributed by atoms with E-state index in [0.717, 1.165) is 19.4 Å². The molecule has 1 saturated heterocycles. The van der Waals surface area contributed by atoms with Crippen molar-refractivity contribution in [2.24, 2.45) is 5.92 Å². The molecule has 1 rings (SSSR count). The van der Waals surface area contributed by atoms with Gasteiger partial charge in [-0.2, -0.15) is 0 Å². The Labute approximate surface area is 93.0 Å². The van der Waals surface area contributed by atoms with Gasteiger partial charge in [-0.15, -0.1) is 0 Å². The van der Waals surface area contributed by atoms with Crippen molar-refractivity contribution < 1.29 is 4.79 Å². The van der Waals surface area contributed by atoms with Crippen molar-refractivity contribution >= 4 is 5.91 Å². The first-order valence-corrected chi connectivity index (χ1v) is 6.19. The Hall–Kier alpha value is -0.570. The van der Waals surface area contributed by atoms with E-state index in [1.807, 2.05) is 0 Å². The highest BCUT2D eigenvalue weighted by atomic mass is 16.2. The van der Waals surface area contributed by atoms with Crippen LogP contribution in [0.2, 0.25) is 0 Å². The minimum absolute atomic E-state index is 0.0477. The molecular formula is C12H24N2O. The van der Waals surface area contributed by atoms with Crippen LogP contribution in [0.3, 0.4) is 0 Å². The molecule has 2 atom stereocenters. The summed E-state index contributed by atoms with van der Waals surface area (Å²) >= 11 is 0. The number of piperidine rings is 1. The second kappa shape index (κ2) is 6.11. The second-order valence-electron chi connectivity index (χ2n) is 4.77. The molecule has 3 nitrogen and oxygen atoms in total. The van der Waals surface area contributed by atoms with Crippen LogP contribution in [-0.4, -0.2) is 24.5 Å². The summed E-state index contributed by atoms with van der Waals surface area (Å²) in [6.07, 6.45) is 4.37. The Morgan fingerprint density at radius 2 is 2.20 bits per heavy atom. The van der Waals surface area contributed by atoms with Crippen LogP contribution in [0.1, 0.15) is 46.5 Å². The summed E-state index contributed by atoms with van der Waals surface area (Å²) < 4.78 is 0. The monoisotopic (exact) mass is 212 g/mol. The van der Waals surface area contributed by atoms with Crippen LogP contribution in [0.15, 0.2) is 0 Å². The van der Waals surface area contributed by atoms with Crippen LogP contribution >= 0.6 is 0 Å². The predicted molar refractivity (Wildman–Crippen MR) is 62.7 cm³/mol. The summed E-state index contributed by atoms with van der Waals surface area (Å²) in [6.45, 7) is 7.42. The van der Waals surface area contributed by atoms with Crippen molar-refractivity contribution in [3.8, 4) is 0 Å². The summed E-state index contributed by atoms with van der Waals surface area (Å²) in [6, 6.07) is 0.368. The van der Waals surface area contributed by atoms with E-state index in [9.17, 15) is 4.79 Å². The zero-order chi connectivity index (χ0) is 11.3. The molecule has 0 spiro atoms. The Balaban J connectivity index is 2.38. The molecule has 2 N–H and O–H groups in total. The van der Waals surface area contributed by atoms with Gasteiger partial charge in [-0.3, -0.25) is 4.79 Å². The van der Waals surface area contributed by atoms with Gasteiger partial charge in [0.15, 0.2) is 0 Å². The standard InChI is InChI=1S/C12H24N2O/c1-4-10(9(2)3)14-12(15)11-7-5-6-8-13-11/h9-11,13H,4-8H2,1-3H3,(H,14,15). The zero-order valence-corrected chi connectivity index (χ0v) is 10.2. The number of hydrogen-bond donors (Lipinski definition) is 2. The highest BCUT2D eigenvalue weighted by molar-refractivity contribution is 5.82. The summed E-state index contributed by atoms with van der Waals surface area (Å²) in [7, 11) is 0. The number of rotatable bonds is 4. The molecule has 0 bridgehead atoms. The predicted octanol–water partition coefficient (Wildman–Crippen LogP) is 1.68. The summed E-state index contributed by atoms with van der Waals surface area (Å²) in [5.41, 5.74) is 0. The maximum atomic E-state index is 11.9. The lowest BCUT2D eigenvalue weighted by molar-refractivity contribution is -0.124. The first-order chi connectivity index (χ1) is 7.15. The summed E-state index contributed by atoms with van der Waals surface area (Å²) in [5, 5.41) is 6.41. The molecule has 2 unspecified atom stereocenters. The maximum Gasteiger partial charge on any atom is 0.237 e. The van der Waals surface area contributed by atoms with Gasteiger partial charge in [0.1, 0.15) is 0 Å². The summed E-state index contributed by atoms with van der Waals surface area (Å²) in [5.74, 6) is 0.706. The van der Waals surface area contributed by atoms with E-state index in [2.05, 4.69) is 31.4 Å². The average Bonchev–Trinajstić information content (AvgIpc) is 2.26. The molecule has 1 amide bonds. The molecule has 0 aromatic rings. The highest BCUT2D eigenvalue weighted by Crippen LogP contribution is 2.10. The van der Waals surface area contributed by atoms with E-state index in [1.54, 1.807) is 0 Å². The fraction of sp³-hybridized carbons (Fsp3) is 0.917. The van der Waals surface area contributed by atoms with Crippen molar-refractivity contribution in [2.75, 3.05) is 6.54 Å². The highest BCUT2D eigenvalue weighted by Gasteiger charge is 2.23. The van der Waals surface area contributed by atoms with Crippen molar-refractivity contribution in [1.29, 1.82) is 0 Å². The van der Waals surface area contributed by atoms with E-state index in [0.29, 0.717) is 12.0 Å². The molecule has 0 aromatic heterocycles. The largest absolute Gasteiger partial charge is 0.352 e. The smallest absolute Gasteiger partial charge is 0.237 e. The molecule has 15 heavy (non-hydrogen) atoms. The van der Waals surface area contributed by atoms with E-state index in [4.69, 9.17) is 0 Å². The average molecular weight is 212 g/mol. The molecule has 88 valence electrons. The van der Waals surface area contributed by atoms with Gasteiger partial charge in [0.05, 0.1) is 6.04 Å². The SMILES string of the molecule is CCC(NC(=O)C1CCCCN1)C(C)C. The third-order valence-corrected chi connectivity index (χ3v) is 3.20. The maximum absolute atomic E-state index is 11.9. The fourth-order valence-corrected chi connectivity index (χ4v) is 2.10. The molecule has 0 aliphatic carbocycles. The first-order valence-electron chi connectivity index (χ1n) is 6.19. The van der Waals surface area contributed by atoms with Crippen molar-refractivity contribution in [3.05, 3.63) is 0 Å². The molecule has 1 fully saturated rings. The molecule has 0 saturated carbocycles. The van der Waals surface area contributed by atoms with Crippen LogP contribution in [-0.2, 0) is 4.79 Å². The number of amides is 1. The lowest BCUT2D eigenvalue weighted by atomic mass is 9.99. The van der Waals surface area contributed by atoms with Gasteiger partial charge in [0.25, 0.3) is 0 Å². The van der Waals surface area contributed by atoms with E-state index >= 15 is 0 Å². The molecule has 1 heterocycles. The minimum Gasteiger partial charge on any atom is -0.352 e. The molecule has 0 radical (unpaired) electrons. The van der Waals surface area contributed by atoms with Crippen molar-refractivity contribution in [2.45, 2.75) is 58.5 Å². The van der Waals surface area contributed by atoms with Crippen LogP contribution < -0.4 is 10.6 Å². The zero-order valence-electron chi connectivity index (χ0n) is 10.2. The lowest BCUT2D eigenvalue weighted by Gasteiger charge is -2.27. The topological polar surface area (TPSA) is 41.1 Å². The quantitative estimate of drug-likeness (QED) is 0.744. The first kappa shape index (κ1) is 12.5.